The van der Waals surface area contributed by atoms with Crippen LogP contribution in [0.1, 0.15) is 128 Å². The van der Waals surface area contributed by atoms with Crippen molar-refractivity contribution in [2.45, 2.75) is 126 Å². The van der Waals surface area contributed by atoms with Gasteiger partial charge in [-0.2, -0.15) is 8.75 Å². The molecule has 4 aromatic rings. The Hall–Kier alpha value is -1.56. The van der Waals surface area contributed by atoms with Gasteiger partial charge in [-0.15, -0.1) is 22.7 Å². The van der Waals surface area contributed by atoms with Crippen LogP contribution in [0, 0.1) is 25.7 Å². The Morgan fingerprint density at radius 1 is 0.750 bits per heavy atom. The molecule has 3 heterocycles. The van der Waals surface area contributed by atoms with Crippen LogP contribution < -0.4 is 0 Å². The molecule has 220 valence electrons. The first-order valence-electron chi connectivity index (χ1n) is 14.9. The molecule has 2 unspecified atom stereocenters. The molecule has 0 N–H and O–H groups in total. The maximum Gasteiger partial charge on any atom is 0.113 e. The number of rotatable bonds is 13. The van der Waals surface area contributed by atoms with Crippen LogP contribution in [0.25, 0.3) is 31.2 Å². The Bertz CT molecular complexity index is 1360. The molecule has 0 aliphatic heterocycles. The van der Waals surface area contributed by atoms with Gasteiger partial charge < -0.3 is 0 Å². The van der Waals surface area contributed by atoms with Gasteiger partial charge in [-0.3, -0.25) is 0 Å². The second-order valence-electron chi connectivity index (χ2n) is 11.7. The van der Waals surface area contributed by atoms with Crippen molar-refractivity contribution < 1.29 is 0 Å². The molecule has 0 radical (unpaired) electrons. The van der Waals surface area contributed by atoms with E-state index in [1.807, 2.05) is 22.7 Å². The fraction of sp³-hybridized carbons (Fsp3) is 0.600. The number of aryl methyl sites for hydroxylation is 2. The first-order chi connectivity index (χ1) is 18.4. The quantitative estimate of drug-likeness (QED) is 0.153. The highest BCUT2D eigenvalue weighted by atomic mass is 32.1. The van der Waals surface area contributed by atoms with Crippen LogP contribution in [0.3, 0.4) is 0 Å². The molecule has 0 bridgehead atoms. The Morgan fingerprint density at radius 2 is 1.32 bits per heavy atom. The van der Waals surface area contributed by atoms with E-state index in [1.165, 1.54) is 96.8 Å². The summed E-state index contributed by atoms with van der Waals surface area (Å²) in [6, 6.07) is 9.67. The zero-order chi connectivity index (χ0) is 26.9. The normalized spacial score (nSPS) is 17.2. The summed E-state index contributed by atoms with van der Waals surface area (Å²) in [5.41, 5.74) is 8.04. The minimum absolute atomic E-state index is 0. The standard InChI is InChI=1S/C33H44N2S3.2CH4/c1-7-11-13-23(9-3)19-33(20-24(10-4)14-12-8-2)26-17-22(6)36-31(26)32-27(33)18-28(37-32)25-16-15-21(5)29-30(25)35-38-34-29;;/h15-18,23-24H,7-14,19-20H2,1-6H3;2*1H4. The van der Waals surface area contributed by atoms with Crippen molar-refractivity contribution in [1.82, 2.24) is 8.75 Å². The number of unbranched alkanes of at least 4 members (excludes halogenated alkanes) is 2. The highest BCUT2D eigenvalue weighted by Crippen LogP contribution is 2.62. The summed E-state index contributed by atoms with van der Waals surface area (Å²) in [7, 11) is 0. The van der Waals surface area contributed by atoms with Crippen molar-refractivity contribution in [2.75, 3.05) is 0 Å². The van der Waals surface area contributed by atoms with E-state index in [4.69, 9.17) is 4.37 Å². The lowest BCUT2D eigenvalue weighted by molar-refractivity contribution is 0.266. The van der Waals surface area contributed by atoms with Gasteiger partial charge >= 0.3 is 0 Å². The predicted molar refractivity (Wildman–Crippen MR) is 184 cm³/mol. The maximum atomic E-state index is 4.75. The molecule has 0 saturated carbocycles. The average Bonchev–Trinajstić information content (AvgIpc) is 3.69. The van der Waals surface area contributed by atoms with Crippen LogP contribution in [-0.2, 0) is 5.41 Å². The molecule has 0 saturated heterocycles. The summed E-state index contributed by atoms with van der Waals surface area (Å²) in [4.78, 5) is 5.94. The summed E-state index contributed by atoms with van der Waals surface area (Å²) in [5, 5.41) is 0. The zero-order valence-corrected chi connectivity index (χ0v) is 26.6. The topological polar surface area (TPSA) is 25.8 Å². The fourth-order valence-electron chi connectivity index (χ4n) is 6.82. The van der Waals surface area contributed by atoms with Gasteiger partial charge in [-0.05, 0) is 67.3 Å². The SMILES string of the molecule is C.C.CCCCC(CC)CC1(CC(CC)CCCC)c2cc(C)sc2-c2sc(-c3ccc(C)c4nsnc34)cc21. The van der Waals surface area contributed by atoms with Crippen molar-refractivity contribution >= 4 is 45.4 Å². The summed E-state index contributed by atoms with van der Waals surface area (Å²) in [6.45, 7) is 14.0. The smallest absolute Gasteiger partial charge is 0.113 e. The van der Waals surface area contributed by atoms with E-state index in [9.17, 15) is 0 Å². The average molecular weight is 597 g/mol. The first kappa shape index (κ1) is 32.9. The predicted octanol–water partition coefficient (Wildman–Crippen LogP) is 12.8. The first-order valence-corrected chi connectivity index (χ1v) is 17.3. The highest BCUT2D eigenvalue weighted by Gasteiger charge is 2.47. The summed E-state index contributed by atoms with van der Waals surface area (Å²) in [5.74, 6) is 1.55. The molecule has 5 rings (SSSR count). The van der Waals surface area contributed by atoms with E-state index in [0.29, 0.717) is 0 Å². The van der Waals surface area contributed by atoms with Crippen molar-refractivity contribution in [3.63, 3.8) is 0 Å². The minimum atomic E-state index is 0. The van der Waals surface area contributed by atoms with Crippen molar-refractivity contribution in [1.29, 1.82) is 0 Å². The molecule has 0 fully saturated rings. The van der Waals surface area contributed by atoms with Crippen LogP contribution in [-0.4, -0.2) is 8.75 Å². The van der Waals surface area contributed by atoms with E-state index in [0.717, 1.165) is 22.9 Å². The number of hydrogen-bond acceptors (Lipinski definition) is 5. The lowest BCUT2D eigenvalue weighted by Gasteiger charge is -2.37. The van der Waals surface area contributed by atoms with Gasteiger partial charge in [0.2, 0.25) is 0 Å². The molecule has 1 aromatic carbocycles. The van der Waals surface area contributed by atoms with Gasteiger partial charge in [-0.25, -0.2) is 0 Å². The zero-order valence-electron chi connectivity index (χ0n) is 24.2. The van der Waals surface area contributed by atoms with Gasteiger partial charge in [0.1, 0.15) is 11.0 Å². The lowest BCUT2D eigenvalue weighted by Crippen LogP contribution is -2.31. The van der Waals surface area contributed by atoms with Crippen molar-refractivity contribution in [3.05, 3.63) is 45.8 Å². The van der Waals surface area contributed by atoms with Crippen LogP contribution >= 0.6 is 34.4 Å². The Morgan fingerprint density at radius 3 is 1.93 bits per heavy atom. The molecule has 5 heteroatoms. The molecule has 3 aromatic heterocycles. The highest BCUT2D eigenvalue weighted by molar-refractivity contribution is 7.24. The van der Waals surface area contributed by atoms with Crippen LogP contribution in [0.5, 0.6) is 0 Å². The van der Waals surface area contributed by atoms with Crippen LogP contribution in [0.15, 0.2) is 24.3 Å². The molecule has 0 spiro atoms. The van der Waals surface area contributed by atoms with Crippen LogP contribution in [0.2, 0.25) is 0 Å². The molecule has 0 amide bonds. The molecular weight excluding hydrogens is 545 g/mol. The number of hydrogen-bond donors (Lipinski definition) is 0. The number of thiophene rings is 2. The number of benzene rings is 1. The van der Waals surface area contributed by atoms with Gasteiger partial charge in [0.25, 0.3) is 0 Å². The number of fused-ring (bicyclic) bond motifs is 4. The second kappa shape index (κ2) is 14.1. The number of aromatic nitrogens is 2. The van der Waals surface area contributed by atoms with Gasteiger partial charge in [-0.1, -0.05) is 106 Å². The third kappa shape index (κ3) is 5.99. The molecule has 2 nitrogen and oxygen atoms in total. The van der Waals surface area contributed by atoms with Gasteiger partial charge in [0.05, 0.1) is 11.7 Å². The molecular formula is C35H52N2S3. The summed E-state index contributed by atoms with van der Waals surface area (Å²) >= 11 is 5.38. The van der Waals surface area contributed by atoms with E-state index in [-0.39, 0.29) is 20.3 Å². The molecule has 2 atom stereocenters. The van der Waals surface area contributed by atoms with E-state index in [1.54, 1.807) is 20.9 Å². The number of nitrogens with zero attached hydrogens (tertiary/aromatic N) is 2. The van der Waals surface area contributed by atoms with E-state index < -0.39 is 0 Å². The Kier molecular flexibility index (Phi) is 11.6. The third-order valence-electron chi connectivity index (χ3n) is 9.07. The third-order valence-corrected chi connectivity index (χ3v) is 12.0. The lowest BCUT2D eigenvalue weighted by atomic mass is 9.65. The van der Waals surface area contributed by atoms with Gasteiger partial charge in [0.15, 0.2) is 0 Å². The van der Waals surface area contributed by atoms with Crippen LogP contribution in [0.4, 0.5) is 0 Å². The monoisotopic (exact) mass is 596 g/mol. The maximum absolute atomic E-state index is 4.75. The Balaban J connectivity index is 0.00000220. The summed E-state index contributed by atoms with van der Waals surface area (Å²) < 4.78 is 9.38. The minimum Gasteiger partial charge on any atom is -0.173 e. The largest absolute Gasteiger partial charge is 0.173 e. The van der Waals surface area contributed by atoms with Crippen molar-refractivity contribution in [2.24, 2.45) is 11.8 Å². The molecule has 1 aliphatic carbocycles. The van der Waals surface area contributed by atoms with E-state index in [2.05, 4.69) is 70.2 Å². The second-order valence-corrected chi connectivity index (χ2v) is 14.5. The fourth-order valence-corrected chi connectivity index (χ4v) is 9.99. The molecule has 1 aliphatic rings. The molecule has 40 heavy (non-hydrogen) atoms. The Labute approximate surface area is 257 Å². The summed E-state index contributed by atoms with van der Waals surface area (Å²) in [6.07, 6.45) is 13.1. The van der Waals surface area contributed by atoms with E-state index >= 15 is 0 Å². The van der Waals surface area contributed by atoms with Crippen molar-refractivity contribution in [3.8, 4) is 20.2 Å². The van der Waals surface area contributed by atoms with Gasteiger partial charge in [0, 0.05) is 30.5 Å².